The van der Waals surface area contributed by atoms with Gasteiger partial charge in [-0.15, -0.1) is 0 Å². The Bertz CT molecular complexity index is 1030. The van der Waals surface area contributed by atoms with Crippen LogP contribution in [0.25, 0.3) is 22.4 Å². The number of carbonyl (C=O) groups excluding carboxylic acids is 1. The third-order valence-corrected chi connectivity index (χ3v) is 5.22. The maximum Gasteiger partial charge on any atom is 0.264 e. The van der Waals surface area contributed by atoms with Crippen molar-refractivity contribution in [2.75, 3.05) is 26.2 Å². The largest absolute Gasteiger partial charge is 0.479 e. The summed E-state index contributed by atoms with van der Waals surface area (Å²) in [6.45, 7) is 3.00. The first-order valence-electron chi connectivity index (χ1n) is 8.88. The molecule has 7 nitrogen and oxygen atoms in total. The van der Waals surface area contributed by atoms with E-state index < -0.39 is 6.10 Å². The highest BCUT2D eigenvalue weighted by atomic mass is 35.5. The number of amides is 1. The molecule has 1 aromatic carbocycles. The van der Waals surface area contributed by atoms with E-state index in [9.17, 15) is 4.79 Å². The van der Waals surface area contributed by atoms with Crippen LogP contribution in [0.2, 0.25) is 5.02 Å². The van der Waals surface area contributed by atoms with Crippen molar-refractivity contribution in [1.82, 2.24) is 20.2 Å². The fourth-order valence-corrected chi connectivity index (χ4v) is 3.95. The SMILES string of the molecule is O=C([C@H]1Cc2cc(Cl)cc(-c3ncnc4ccoc34)c2O1)N1CCNCC1. The summed E-state index contributed by atoms with van der Waals surface area (Å²) < 4.78 is 11.7. The summed E-state index contributed by atoms with van der Waals surface area (Å²) in [5.74, 6) is 0.657. The van der Waals surface area contributed by atoms with Gasteiger partial charge in [-0.3, -0.25) is 4.79 Å². The number of piperazine rings is 1. The highest BCUT2D eigenvalue weighted by Gasteiger charge is 2.35. The molecule has 8 heteroatoms. The average molecular weight is 385 g/mol. The average Bonchev–Trinajstić information content (AvgIpc) is 3.34. The second-order valence-electron chi connectivity index (χ2n) is 6.68. The third kappa shape index (κ3) is 2.83. The molecule has 0 bridgehead atoms. The standard InChI is InChI=1S/C19H17ClN4O3/c20-12-7-11-8-15(19(25)24-4-2-21-3-5-24)27-17(11)13(9-12)16-18-14(1-6-26-18)22-10-23-16/h1,6-7,9-10,15,21H,2-5,8H2/t15-/m1/s1. The number of ether oxygens (including phenoxy) is 1. The van der Waals surface area contributed by atoms with Crippen molar-refractivity contribution in [3.63, 3.8) is 0 Å². The van der Waals surface area contributed by atoms with Crippen molar-refractivity contribution < 1.29 is 13.9 Å². The number of nitrogens with one attached hydrogen (secondary N) is 1. The number of aromatic nitrogens is 2. The van der Waals surface area contributed by atoms with Crippen LogP contribution < -0.4 is 10.1 Å². The minimum absolute atomic E-state index is 0.0144. The highest BCUT2D eigenvalue weighted by Crippen LogP contribution is 2.42. The Balaban J connectivity index is 1.53. The van der Waals surface area contributed by atoms with Crippen molar-refractivity contribution in [3.05, 3.63) is 41.4 Å². The lowest BCUT2D eigenvalue weighted by Crippen LogP contribution is -2.50. The van der Waals surface area contributed by atoms with Gasteiger partial charge in [-0.05, 0) is 12.1 Å². The molecule has 1 saturated heterocycles. The van der Waals surface area contributed by atoms with Gasteiger partial charge in [0.2, 0.25) is 0 Å². The predicted molar refractivity (Wildman–Crippen MR) is 99.8 cm³/mol. The van der Waals surface area contributed by atoms with E-state index in [1.165, 1.54) is 6.33 Å². The Kier molecular flexibility index (Phi) is 3.98. The van der Waals surface area contributed by atoms with E-state index in [0.29, 0.717) is 47.1 Å². The van der Waals surface area contributed by atoms with E-state index in [2.05, 4.69) is 15.3 Å². The Labute approximate surface area is 160 Å². The maximum absolute atomic E-state index is 12.9. The summed E-state index contributed by atoms with van der Waals surface area (Å²) in [4.78, 5) is 23.3. The van der Waals surface area contributed by atoms with Crippen LogP contribution in [0, 0.1) is 0 Å². The molecule has 0 unspecified atom stereocenters. The Morgan fingerprint density at radius 2 is 2.11 bits per heavy atom. The molecule has 138 valence electrons. The zero-order chi connectivity index (χ0) is 18.4. The number of nitrogens with zero attached hydrogens (tertiary/aromatic N) is 3. The third-order valence-electron chi connectivity index (χ3n) is 5.00. The fourth-order valence-electron chi connectivity index (χ4n) is 3.71. The molecule has 2 aromatic heterocycles. The molecule has 4 heterocycles. The van der Waals surface area contributed by atoms with E-state index in [0.717, 1.165) is 24.2 Å². The predicted octanol–water partition coefficient (Wildman–Crippen LogP) is 2.28. The number of fused-ring (bicyclic) bond motifs is 2. The Hall–Kier alpha value is -2.64. The summed E-state index contributed by atoms with van der Waals surface area (Å²) in [7, 11) is 0. The first-order chi connectivity index (χ1) is 13.2. The zero-order valence-corrected chi connectivity index (χ0v) is 15.2. The van der Waals surface area contributed by atoms with Crippen molar-refractivity contribution in [3.8, 4) is 17.0 Å². The number of halogens is 1. The van der Waals surface area contributed by atoms with Crippen LogP contribution in [0.15, 0.2) is 35.2 Å². The van der Waals surface area contributed by atoms with Gasteiger partial charge in [0.15, 0.2) is 11.7 Å². The lowest BCUT2D eigenvalue weighted by atomic mass is 10.0. The van der Waals surface area contributed by atoms with Crippen molar-refractivity contribution in [1.29, 1.82) is 0 Å². The van der Waals surface area contributed by atoms with Crippen LogP contribution in [0.1, 0.15) is 5.56 Å². The van der Waals surface area contributed by atoms with Crippen molar-refractivity contribution in [2.24, 2.45) is 0 Å². The van der Waals surface area contributed by atoms with Gasteiger partial charge in [-0.2, -0.15) is 0 Å². The number of benzene rings is 1. The van der Waals surface area contributed by atoms with E-state index in [-0.39, 0.29) is 5.91 Å². The summed E-state index contributed by atoms with van der Waals surface area (Å²) in [6, 6.07) is 5.43. The van der Waals surface area contributed by atoms with Gasteiger partial charge >= 0.3 is 0 Å². The normalized spacial score (nSPS) is 19.1. The van der Waals surface area contributed by atoms with E-state index in [1.807, 2.05) is 11.0 Å². The second kappa shape index (κ2) is 6.51. The lowest BCUT2D eigenvalue weighted by molar-refractivity contribution is -0.138. The minimum Gasteiger partial charge on any atom is -0.479 e. The molecule has 2 aliphatic rings. The molecule has 1 amide bonds. The van der Waals surface area contributed by atoms with Gasteiger partial charge in [0.25, 0.3) is 5.91 Å². The maximum atomic E-state index is 12.9. The summed E-state index contributed by atoms with van der Waals surface area (Å²) in [5, 5.41) is 3.82. The number of furan rings is 1. The molecule has 0 saturated carbocycles. The van der Waals surface area contributed by atoms with Crippen LogP contribution in [0.4, 0.5) is 0 Å². The van der Waals surface area contributed by atoms with E-state index in [4.69, 9.17) is 20.8 Å². The monoisotopic (exact) mass is 384 g/mol. The van der Waals surface area contributed by atoms with E-state index in [1.54, 1.807) is 18.4 Å². The highest BCUT2D eigenvalue weighted by molar-refractivity contribution is 6.31. The molecule has 0 spiro atoms. The minimum atomic E-state index is -0.538. The van der Waals surface area contributed by atoms with Crippen LogP contribution in [0.5, 0.6) is 5.75 Å². The molecule has 3 aromatic rings. The summed E-state index contributed by atoms with van der Waals surface area (Å²) in [6.07, 6.45) is 3.02. The van der Waals surface area contributed by atoms with Crippen LogP contribution >= 0.6 is 11.6 Å². The van der Waals surface area contributed by atoms with Crippen LogP contribution in [-0.2, 0) is 11.2 Å². The molecule has 5 rings (SSSR count). The first-order valence-corrected chi connectivity index (χ1v) is 9.25. The topological polar surface area (TPSA) is 80.5 Å². The number of carbonyl (C=O) groups is 1. The number of hydrogen-bond donors (Lipinski definition) is 1. The summed E-state index contributed by atoms with van der Waals surface area (Å²) >= 11 is 6.35. The van der Waals surface area contributed by atoms with Crippen LogP contribution in [-0.4, -0.2) is 53.1 Å². The van der Waals surface area contributed by atoms with E-state index >= 15 is 0 Å². The zero-order valence-electron chi connectivity index (χ0n) is 14.4. The van der Waals surface area contributed by atoms with Gasteiger partial charge < -0.3 is 19.4 Å². The molecule has 1 fully saturated rings. The van der Waals surface area contributed by atoms with Gasteiger partial charge in [0.1, 0.15) is 23.3 Å². The molecule has 0 radical (unpaired) electrons. The quantitative estimate of drug-likeness (QED) is 0.730. The molecule has 27 heavy (non-hydrogen) atoms. The Morgan fingerprint density at radius 3 is 2.96 bits per heavy atom. The van der Waals surface area contributed by atoms with Gasteiger partial charge in [-0.25, -0.2) is 9.97 Å². The smallest absolute Gasteiger partial charge is 0.264 e. The molecule has 0 aliphatic carbocycles. The number of hydrogen-bond acceptors (Lipinski definition) is 6. The second-order valence-corrected chi connectivity index (χ2v) is 7.12. The Morgan fingerprint density at radius 1 is 1.26 bits per heavy atom. The molecule has 1 atom stereocenters. The van der Waals surface area contributed by atoms with Crippen molar-refractivity contribution >= 4 is 28.6 Å². The molecular weight excluding hydrogens is 368 g/mol. The number of rotatable bonds is 2. The first kappa shape index (κ1) is 16.5. The molecule has 1 N–H and O–H groups in total. The fraction of sp³-hybridized carbons (Fsp3) is 0.316. The van der Waals surface area contributed by atoms with Crippen LogP contribution in [0.3, 0.4) is 0 Å². The molecular formula is C19H17ClN4O3. The van der Waals surface area contributed by atoms with Gasteiger partial charge in [0.05, 0.1) is 6.26 Å². The van der Waals surface area contributed by atoms with Gasteiger partial charge in [0, 0.05) is 54.8 Å². The summed E-state index contributed by atoms with van der Waals surface area (Å²) in [5.41, 5.74) is 3.52. The molecule has 2 aliphatic heterocycles. The van der Waals surface area contributed by atoms with Gasteiger partial charge in [-0.1, -0.05) is 11.6 Å². The van der Waals surface area contributed by atoms with Crippen molar-refractivity contribution in [2.45, 2.75) is 12.5 Å². The lowest BCUT2D eigenvalue weighted by Gasteiger charge is -2.29.